The highest BCUT2D eigenvalue weighted by molar-refractivity contribution is 6.31. The molecule has 30 nitrogen and oxygen atoms in total. The van der Waals surface area contributed by atoms with Gasteiger partial charge >= 0.3 is 41.2 Å². The fraction of sp³-hybridized carbons (Fsp3) is 0.577. The number of nitrogens with one attached hydrogen (secondary N) is 3. The molecule has 0 saturated heterocycles. The Kier molecular flexibility index (Phi) is 32.0. The first kappa shape index (κ1) is 84.8. The first-order chi connectivity index (χ1) is 52.1. The molecule has 0 aliphatic heterocycles. The lowest BCUT2D eigenvalue weighted by molar-refractivity contribution is -0.385. The average molecular weight is 1530 g/mol. The van der Waals surface area contributed by atoms with Crippen LogP contribution in [0.2, 0.25) is 5.15 Å². The minimum atomic E-state index is -0.679. The highest BCUT2D eigenvalue weighted by Gasteiger charge is 2.33. The van der Waals surface area contributed by atoms with E-state index in [1.807, 2.05) is 6.07 Å². The van der Waals surface area contributed by atoms with Crippen LogP contribution in [0, 0.1) is 55.7 Å². The maximum Gasteiger partial charge on any atom is 0.339 e. The number of carboxylic acid groups (broad SMARTS) is 1. The molecular formula is C78H105ClN14O16. The van der Waals surface area contributed by atoms with Gasteiger partial charge in [-0.05, 0) is 163 Å². The van der Waals surface area contributed by atoms with Crippen molar-refractivity contribution in [3.8, 4) is 0 Å². The number of nitrogens with two attached hydrogens (primary N) is 2. The second-order valence-electron chi connectivity index (χ2n) is 29.9. The van der Waals surface area contributed by atoms with E-state index in [0.717, 1.165) is 129 Å². The van der Waals surface area contributed by atoms with Gasteiger partial charge in [0.05, 0.1) is 66.2 Å². The van der Waals surface area contributed by atoms with Crippen LogP contribution in [0.1, 0.15) is 251 Å². The number of carbonyl (C=O) groups is 7. The van der Waals surface area contributed by atoms with E-state index in [9.17, 15) is 53.8 Å². The topological polar surface area (TPSA) is 433 Å². The predicted molar refractivity (Wildman–Crippen MR) is 411 cm³/mol. The molecule has 590 valence electrons. The Morgan fingerprint density at radius 2 is 0.927 bits per heavy atom. The van der Waals surface area contributed by atoms with Crippen molar-refractivity contribution in [1.29, 1.82) is 0 Å². The van der Waals surface area contributed by atoms with E-state index < -0.39 is 33.7 Å². The summed E-state index contributed by atoms with van der Waals surface area (Å²) in [4.78, 5) is 125. The molecule has 0 aromatic carbocycles. The number of esters is 4. The van der Waals surface area contributed by atoms with Crippen molar-refractivity contribution in [2.45, 2.75) is 225 Å². The van der Waals surface area contributed by atoms with Crippen LogP contribution in [0.25, 0.3) is 11.2 Å². The van der Waals surface area contributed by atoms with Crippen LogP contribution >= 0.6 is 11.6 Å². The molecule has 0 atom stereocenters. The standard InChI is InChI=1S/C20H28N2O3.C19H25N3O2.C10H11N3O4.C10H13N3O2.C9H16O2.C7H5ClN2O3.C3H7N/c1-13-3-5-14(6-4-13)9-18(23)11-15-10-16(20(24)25-2)12-21-19(15)22-17-7-8-17;1-12-3-5-13(6-4-12)9-17-21-16-10-14(19(23)24-2)11-20-18(16)22(17)15-7-8-15;1-17-10(14)6-4-8(13(15)16)9(11-5-6)12-7-2-3-7;1-15-10(14)6-4-8(11)9(12-5-6)13-7-2-3-7;1-7-2-4-8(5-3-7)6-9(10)11;1-4(11)5-2-6(10(12)13)7(8)9-3-5;4-3-1-2-3/h10,12-14,17H,3-9,11H2,1-2H3,(H,21,22);10-13,15H,3-9H2,1-2H3;4-5,7H,2-3H2,1H3,(H,11,12);4-5,7H,2-3,11H2,1H3,(H,12,13);7-8H,2-6H2,1H3,(H,10,11);2-3H,1H3;3H,1-2,4H2. The number of Topliss-reactive ketones (excluding diaryl/α,β-unsaturated/α-hetero) is 2. The monoisotopic (exact) mass is 1530 g/mol. The molecule has 8 aliphatic rings. The zero-order valence-corrected chi connectivity index (χ0v) is 64.4. The van der Waals surface area contributed by atoms with E-state index in [1.54, 1.807) is 18.3 Å². The molecule has 8 saturated carbocycles. The number of nitrogen functional groups attached to an aromatic ring is 1. The number of carbonyl (C=O) groups excluding carboxylic acids is 6. The summed E-state index contributed by atoms with van der Waals surface area (Å²) in [6.07, 6.45) is 35.6. The fourth-order valence-corrected chi connectivity index (χ4v) is 12.9. The number of ether oxygens (including phenoxy) is 4. The third kappa shape index (κ3) is 28.0. The average Bonchev–Trinajstić information content (AvgIpc) is 1.61. The number of aromatic nitrogens is 7. The molecule has 0 amide bonds. The molecule has 8 aliphatic carbocycles. The Bertz CT molecular complexity index is 4140. The van der Waals surface area contributed by atoms with Crippen LogP contribution in [0.15, 0.2) is 61.3 Å². The number of nitrogens with zero attached hydrogens (tertiary/aromatic N) is 9. The maximum atomic E-state index is 12.6. The Morgan fingerprint density at radius 3 is 1.37 bits per heavy atom. The number of hydrogen-bond donors (Lipinski definition) is 6. The molecule has 31 heteroatoms. The van der Waals surface area contributed by atoms with Gasteiger partial charge in [-0.1, -0.05) is 70.9 Å². The van der Waals surface area contributed by atoms with Gasteiger partial charge in [-0.25, -0.2) is 49.1 Å². The summed E-state index contributed by atoms with van der Waals surface area (Å²) in [7, 11) is 5.29. The zero-order valence-electron chi connectivity index (χ0n) is 63.6. The first-order valence-corrected chi connectivity index (χ1v) is 38.2. The number of ketones is 2. The smallest absolute Gasteiger partial charge is 0.339 e. The number of carboxylic acids is 1. The van der Waals surface area contributed by atoms with Gasteiger partial charge in [0.1, 0.15) is 28.8 Å². The molecule has 0 radical (unpaired) electrons. The summed E-state index contributed by atoms with van der Waals surface area (Å²) in [6, 6.07) is 9.75. The van der Waals surface area contributed by atoms with E-state index in [-0.39, 0.29) is 57.1 Å². The van der Waals surface area contributed by atoms with Crippen LogP contribution in [0.3, 0.4) is 0 Å². The molecule has 109 heavy (non-hydrogen) atoms. The number of anilines is 4. The molecular weight excluding hydrogens is 1420 g/mol. The molecule has 6 heterocycles. The third-order valence-electron chi connectivity index (χ3n) is 20.2. The summed E-state index contributed by atoms with van der Waals surface area (Å²) in [5.41, 5.74) is 14.9. The number of methoxy groups -OCH3 is 4. The van der Waals surface area contributed by atoms with E-state index in [0.29, 0.717) is 83.5 Å². The molecule has 8 fully saturated rings. The van der Waals surface area contributed by atoms with Gasteiger partial charge in [-0.3, -0.25) is 34.6 Å². The third-order valence-corrected chi connectivity index (χ3v) is 20.5. The van der Waals surface area contributed by atoms with E-state index in [4.69, 9.17) is 42.6 Å². The minimum absolute atomic E-state index is 0.0700. The van der Waals surface area contributed by atoms with Gasteiger partial charge in [0.15, 0.2) is 11.4 Å². The predicted octanol–water partition coefficient (Wildman–Crippen LogP) is 14.3. The number of aliphatic carboxylic acids is 1. The van der Waals surface area contributed by atoms with Crippen molar-refractivity contribution in [3.05, 3.63) is 126 Å². The summed E-state index contributed by atoms with van der Waals surface area (Å²) < 4.78 is 21.0. The maximum absolute atomic E-state index is 12.6. The van der Waals surface area contributed by atoms with Crippen LogP contribution in [0.4, 0.5) is 34.5 Å². The van der Waals surface area contributed by atoms with Crippen molar-refractivity contribution in [2.24, 2.45) is 41.2 Å². The van der Waals surface area contributed by atoms with Crippen molar-refractivity contribution < 1.29 is 67.5 Å². The summed E-state index contributed by atoms with van der Waals surface area (Å²) in [5.74, 6) is 4.41. The highest BCUT2D eigenvalue weighted by atomic mass is 35.5. The Labute approximate surface area is 639 Å². The first-order valence-electron chi connectivity index (χ1n) is 37.8. The lowest BCUT2D eigenvalue weighted by Crippen LogP contribution is -2.18. The largest absolute Gasteiger partial charge is 0.481 e. The fourth-order valence-electron chi connectivity index (χ4n) is 12.7. The second kappa shape index (κ2) is 41.1. The Hall–Kier alpha value is -9.84. The molecule has 0 bridgehead atoms. The number of rotatable bonds is 22. The van der Waals surface area contributed by atoms with Crippen molar-refractivity contribution in [1.82, 2.24) is 34.5 Å². The molecule has 8 N–H and O–H groups in total. The molecule has 0 spiro atoms. The molecule has 6 aromatic rings. The summed E-state index contributed by atoms with van der Waals surface area (Å²) in [6.45, 7) is 8.19. The second-order valence-corrected chi connectivity index (χ2v) is 30.3. The lowest BCUT2D eigenvalue weighted by Gasteiger charge is -2.26. The molecule has 0 unspecified atom stereocenters. The normalized spacial score (nSPS) is 20.2. The van der Waals surface area contributed by atoms with E-state index in [1.165, 1.54) is 143 Å². The summed E-state index contributed by atoms with van der Waals surface area (Å²) in [5, 5.41) is 39.0. The van der Waals surface area contributed by atoms with E-state index >= 15 is 0 Å². The SMILES string of the molecule is CC(=O)c1cnc(Cl)c([N+](=O)[O-])c1.CC1CCC(CC(=O)O)CC1.COC(=O)c1cnc(NC2CC2)c(CC(=O)CC2CCC(C)CC2)c1.COC(=O)c1cnc(NC2CC2)c(N)c1.COC(=O)c1cnc(NC2CC2)c([N+](=O)[O-])c1.COC(=O)c1cnc2c(c1)nc(CC1CCC(C)CC1)n2C1CC1.NC1CC1. The number of imidazole rings is 1. The molecule has 14 rings (SSSR count). The number of hydrogen-bond acceptors (Lipinski definition) is 26. The van der Waals surface area contributed by atoms with Crippen LogP contribution in [-0.4, -0.2) is 143 Å². The van der Waals surface area contributed by atoms with Gasteiger partial charge in [-0.2, -0.15) is 0 Å². The van der Waals surface area contributed by atoms with Crippen LogP contribution in [0.5, 0.6) is 0 Å². The van der Waals surface area contributed by atoms with Crippen LogP contribution in [-0.2, 0) is 41.4 Å². The van der Waals surface area contributed by atoms with Crippen LogP contribution < -0.4 is 27.4 Å². The highest BCUT2D eigenvalue weighted by Crippen LogP contribution is 2.41. The number of halogens is 1. The van der Waals surface area contributed by atoms with Crippen molar-refractivity contribution in [2.75, 3.05) is 50.1 Å². The lowest BCUT2D eigenvalue weighted by atomic mass is 9.80. The van der Waals surface area contributed by atoms with Crippen molar-refractivity contribution >= 4 is 98.7 Å². The Balaban J connectivity index is 0.000000166. The minimum Gasteiger partial charge on any atom is -0.481 e. The van der Waals surface area contributed by atoms with Gasteiger partial charge in [0.25, 0.3) is 0 Å². The number of fused-ring (bicyclic) bond motifs is 1. The quantitative estimate of drug-likeness (QED) is 0.00918. The van der Waals surface area contributed by atoms with E-state index in [2.05, 4.69) is 75.7 Å². The van der Waals surface area contributed by atoms with Crippen molar-refractivity contribution in [3.63, 3.8) is 0 Å². The zero-order chi connectivity index (χ0) is 79.0. The number of pyridine rings is 5. The van der Waals surface area contributed by atoms with Gasteiger partial charge in [0.2, 0.25) is 11.0 Å². The molecule has 6 aromatic heterocycles. The van der Waals surface area contributed by atoms with Gasteiger partial charge in [-0.15, -0.1) is 0 Å². The number of nitro groups is 2. The summed E-state index contributed by atoms with van der Waals surface area (Å²) >= 11 is 5.43. The Morgan fingerprint density at radius 1 is 0.523 bits per heavy atom. The van der Waals surface area contributed by atoms with Gasteiger partial charge in [0, 0.05) is 110 Å². The van der Waals surface area contributed by atoms with Gasteiger partial charge < -0.3 is 56.0 Å².